The summed E-state index contributed by atoms with van der Waals surface area (Å²) in [6, 6.07) is 6.81. The van der Waals surface area contributed by atoms with Gasteiger partial charge in [-0.05, 0) is 42.3 Å². The van der Waals surface area contributed by atoms with Crippen molar-refractivity contribution in [2.24, 2.45) is 0 Å². The van der Waals surface area contributed by atoms with Crippen LogP contribution in [0.3, 0.4) is 0 Å². The molecule has 0 unspecified atom stereocenters. The predicted molar refractivity (Wildman–Crippen MR) is 80.9 cm³/mol. The predicted octanol–water partition coefficient (Wildman–Crippen LogP) is 5.04. The van der Waals surface area contributed by atoms with E-state index in [1.807, 2.05) is 0 Å². The standard InChI is InChI=1S/C15H19ClO2S/c1-2-3-4-5-6-7-14(17)19-13-10-8-12(9-11-13)15(16)18/h8-11H,2-7H2,1H3. The Morgan fingerprint density at radius 1 is 1.05 bits per heavy atom. The average molecular weight is 299 g/mol. The summed E-state index contributed by atoms with van der Waals surface area (Å²) in [5.41, 5.74) is 0.457. The normalized spacial score (nSPS) is 10.4. The van der Waals surface area contributed by atoms with Crippen molar-refractivity contribution in [3.63, 3.8) is 0 Å². The highest BCUT2D eigenvalue weighted by Crippen LogP contribution is 2.22. The highest BCUT2D eigenvalue weighted by molar-refractivity contribution is 8.13. The zero-order valence-corrected chi connectivity index (χ0v) is 12.7. The van der Waals surface area contributed by atoms with Gasteiger partial charge in [-0.2, -0.15) is 0 Å². The monoisotopic (exact) mass is 298 g/mol. The third-order valence-electron chi connectivity index (χ3n) is 2.80. The molecule has 104 valence electrons. The van der Waals surface area contributed by atoms with Crippen LogP contribution in [0.25, 0.3) is 0 Å². The van der Waals surface area contributed by atoms with Gasteiger partial charge in [0.2, 0.25) is 0 Å². The number of carbonyl (C=O) groups is 2. The topological polar surface area (TPSA) is 34.1 Å². The number of benzene rings is 1. The molecule has 0 aliphatic heterocycles. The van der Waals surface area contributed by atoms with Gasteiger partial charge in [-0.1, -0.05) is 44.4 Å². The molecule has 1 aromatic rings. The first-order valence-electron chi connectivity index (χ1n) is 6.64. The van der Waals surface area contributed by atoms with Gasteiger partial charge in [-0.3, -0.25) is 9.59 Å². The summed E-state index contributed by atoms with van der Waals surface area (Å²) >= 11 is 6.59. The fourth-order valence-corrected chi connectivity index (χ4v) is 2.62. The molecule has 0 spiro atoms. The first-order chi connectivity index (χ1) is 9.13. The average Bonchev–Trinajstić information content (AvgIpc) is 2.39. The van der Waals surface area contributed by atoms with E-state index in [1.54, 1.807) is 24.3 Å². The van der Waals surface area contributed by atoms with E-state index in [1.165, 1.54) is 31.0 Å². The van der Waals surface area contributed by atoms with Gasteiger partial charge in [0.15, 0.2) is 5.12 Å². The van der Waals surface area contributed by atoms with Crippen LogP contribution in [0.2, 0.25) is 0 Å². The van der Waals surface area contributed by atoms with Gasteiger partial charge in [0.25, 0.3) is 5.24 Å². The van der Waals surface area contributed by atoms with E-state index < -0.39 is 5.24 Å². The van der Waals surface area contributed by atoms with Gasteiger partial charge < -0.3 is 0 Å². The molecule has 0 amide bonds. The van der Waals surface area contributed by atoms with Crippen LogP contribution in [0, 0.1) is 0 Å². The zero-order chi connectivity index (χ0) is 14.1. The first kappa shape index (κ1) is 16.3. The summed E-state index contributed by atoms with van der Waals surface area (Å²) in [7, 11) is 0. The van der Waals surface area contributed by atoms with Crippen molar-refractivity contribution in [1.29, 1.82) is 0 Å². The Morgan fingerprint density at radius 2 is 1.68 bits per heavy atom. The molecule has 4 heteroatoms. The molecule has 19 heavy (non-hydrogen) atoms. The second kappa shape index (κ2) is 9.16. The Kier molecular flexibility index (Phi) is 7.84. The lowest BCUT2D eigenvalue weighted by Gasteiger charge is -2.02. The Labute approximate surface area is 123 Å². The van der Waals surface area contributed by atoms with Gasteiger partial charge in [0.05, 0.1) is 0 Å². The summed E-state index contributed by atoms with van der Waals surface area (Å²) in [6.07, 6.45) is 6.37. The Hall–Kier alpha value is -0.800. The molecule has 0 fully saturated rings. The first-order valence-corrected chi connectivity index (χ1v) is 7.83. The van der Waals surface area contributed by atoms with Crippen molar-refractivity contribution in [3.8, 4) is 0 Å². The molecule has 2 nitrogen and oxygen atoms in total. The van der Waals surface area contributed by atoms with Crippen molar-refractivity contribution in [1.82, 2.24) is 0 Å². The third-order valence-corrected chi connectivity index (χ3v) is 3.96. The number of hydrogen-bond donors (Lipinski definition) is 0. The lowest BCUT2D eigenvalue weighted by Crippen LogP contribution is -1.92. The van der Waals surface area contributed by atoms with E-state index in [-0.39, 0.29) is 5.12 Å². The van der Waals surface area contributed by atoms with Gasteiger partial charge in [0, 0.05) is 16.9 Å². The minimum atomic E-state index is -0.473. The van der Waals surface area contributed by atoms with E-state index in [9.17, 15) is 9.59 Å². The Bertz CT molecular complexity index is 415. The van der Waals surface area contributed by atoms with Crippen LogP contribution in [0.1, 0.15) is 55.8 Å². The number of halogens is 1. The van der Waals surface area contributed by atoms with Crippen LogP contribution < -0.4 is 0 Å². The zero-order valence-electron chi connectivity index (χ0n) is 11.2. The van der Waals surface area contributed by atoms with Gasteiger partial charge in [-0.15, -0.1) is 0 Å². The number of carbonyl (C=O) groups excluding carboxylic acids is 2. The summed E-state index contributed by atoms with van der Waals surface area (Å²) in [4.78, 5) is 23.5. The van der Waals surface area contributed by atoms with E-state index in [0.29, 0.717) is 12.0 Å². The maximum atomic E-state index is 11.7. The van der Waals surface area contributed by atoms with E-state index >= 15 is 0 Å². The molecule has 1 aromatic carbocycles. The molecule has 0 bridgehead atoms. The van der Waals surface area contributed by atoms with Crippen LogP contribution >= 0.6 is 23.4 Å². The molecule has 0 N–H and O–H groups in total. The molecular weight excluding hydrogens is 280 g/mol. The molecule has 0 saturated heterocycles. The fourth-order valence-electron chi connectivity index (χ4n) is 1.71. The lowest BCUT2D eigenvalue weighted by molar-refractivity contribution is -0.111. The third kappa shape index (κ3) is 6.79. The summed E-state index contributed by atoms with van der Waals surface area (Å²) in [5.74, 6) is 0. The number of hydrogen-bond acceptors (Lipinski definition) is 3. The molecule has 0 saturated carbocycles. The maximum Gasteiger partial charge on any atom is 0.252 e. The second-order valence-electron chi connectivity index (χ2n) is 4.44. The van der Waals surface area contributed by atoms with Crippen LogP contribution in [0.15, 0.2) is 29.2 Å². The van der Waals surface area contributed by atoms with E-state index in [2.05, 4.69) is 6.92 Å². The molecule has 1 rings (SSSR count). The molecule has 0 aliphatic rings. The van der Waals surface area contributed by atoms with E-state index in [4.69, 9.17) is 11.6 Å². The van der Waals surface area contributed by atoms with E-state index in [0.717, 1.165) is 17.7 Å². The van der Waals surface area contributed by atoms with Crippen LogP contribution in [-0.2, 0) is 4.79 Å². The molecule has 0 aromatic heterocycles. The molecule has 0 heterocycles. The number of rotatable bonds is 8. The number of unbranched alkanes of at least 4 members (excludes halogenated alkanes) is 4. The summed E-state index contributed by atoms with van der Waals surface area (Å²) in [6.45, 7) is 2.18. The Morgan fingerprint density at radius 3 is 2.26 bits per heavy atom. The van der Waals surface area contributed by atoms with Crippen molar-refractivity contribution in [2.75, 3.05) is 0 Å². The minimum absolute atomic E-state index is 0.182. The van der Waals surface area contributed by atoms with Crippen LogP contribution in [-0.4, -0.2) is 10.4 Å². The number of thioether (sulfide) groups is 1. The maximum absolute atomic E-state index is 11.7. The highest BCUT2D eigenvalue weighted by Gasteiger charge is 2.06. The second-order valence-corrected chi connectivity index (χ2v) is 5.91. The SMILES string of the molecule is CCCCCCCC(=O)Sc1ccc(C(=O)Cl)cc1. The van der Waals surface area contributed by atoms with Crippen molar-refractivity contribution in [2.45, 2.75) is 50.3 Å². The lowest BCUT2D eigenvalue weighted by atomic mass is 10.1. The molecular formula is C15H19ClO2S. The largest absolute Gasteiger partial charge is 0.287 e. The van der Waals surface area contributed by atoms with Crippen LogP contribution in [0.4, 0.5) is 0 Å². The quantitative estimate of drug-likeness (QED) is 0.383. The van der Waals surface area contributed by atoms with Gasteiger partial charge in [-0.25, -0.2) is 0 Å². The summed E-state index contributed by atoms with van der Waals surface area (Å²) < 4.78 is 0. The molecule has 0 aliphatic carbocycles. The van der Waals surface area contributed by atoms with Gasteiger partial charge in [0.1, 0.15) is 0 Å². The molecule has 0 atom stereocenters. The fraction of sp³-hybridized carbons (Fsp3) is 0.467. The highest BCUT2D eigenvalue weighted by atomic mass is 35.5. The minimum Gasteiger partial charge on any atom is -0.287 e. The van der Waals surface area contributed by atoms with Crippen molar-refractivity contribution in [3.05, 3.63) is 29.8 Å². The smallest absolute Gasteiger partial charge is 0.252 e. The summed E-state index contributed by atoms with van der Waals surface area (Å²) in [5, 5.41) is -0.291. The van der Waals surface area contributed by atoms with Crippen molar-refractivity contribution >= 4 is 33.7 Å². The molecule has 0 radical (unpaired) electrons. The Balaban J connectivity index is 2.30. The van der Waals surface area contributed by atoms with Gasteiger partial charge >= 0.3 is 0 Å². The van der Waals surface area contributed by atoms with Crippen LogP contribution in [0.5, 0.6) is 0 Å². The van der Waals surface area contributed by atoms with Crippen molar-refractivity contribution < 1.29 is 9.59 Å².